The van der Waals surface area contributed by atoms with Gasteiger partial charge in [-0.2, -0.15) is 0 Å². The number of aryl methyl sites for hydroxylation is 1. The standard InChI is InChI=1S/C21H20F2N4OS/c22-15-6-8-16(9-7-15)29-13-20(28)24-18-12-14(5-10-17(18)23)21-26-25-19-4-2-1-3-11-27(19)21/h5-10,12H,1-4,11,13H2,(H,24,28). The average molecular weight is 414 g/mol. The van der Waals surface area contributed by atoms with Crippen LogP contribution >= 0.6 is 11.8 Å². The molecule has 2 aromatic carbocycles. The second-order valence-corrected chi connectivity index (χ2v) is 7.94. The molecule has 0 atom stereocenters. The molecular formula is C21H20F2N4OS. The molecule has 150 valence electrons. The van der Waals surface area contributed by atoms with E-state index in [9.17, 15) is 13.6 Å². The molecule has 0 saturated carbocycles. The van der Waals surface area contributed by atoms with Crippen molar-refractivity contribution in [1.29, 1.82) is 0 Å². The molecule has 29 heavy (non-hydrogen) atoms. The second kappa shape index (κ2) is 8.73. The summed E-state index contributed by atoms with van der Waals surface area (Å²) in [6, 6.07) is 10.5. The van der Waals surface area contributed by atoms with Crippen LogP contribution < -0.4 is 5.32 Å². The van der Waals surface area contributed by atoms with Gasteiger partial charge in [-0.25, -0.2) is 8.78 Å². The van der Waals surface area contributed by atoms with Gasteiger partial charge in [0.15, 0.2) is 5.82 Å². The lowest BCUT2D eigenvalue weighted by Crippen LogP contribution is -2.15. The highest BCUT2D eigenvalue weighted by molar-refractivity contribution is 8.00. The molecule has 8 heteroatoms. The minimum atomic E-state index is -0.510. The monoisotopic (exact) mass is 414 g/mol. The molecular weight excluding hydrogens is 394 g/mol. The first-order valence-electron chi connectivity index (χ1n) is 9.50. The Kier molecular flexibility index (Phi) is 5.89. The topological polar surface area (TPSA) is 59.8 Å². The van der Waals surface area contributed by atoms with Crippen molar-refractivity contribution in [3.05, 3.63) is 59.9 Å². The zero-order valence-electron chi connectivity index (χ0n) is 15.7. The number of benzene rings is 2. The summed E-state index contributed by atoms with van der Waals surface area (Å²) in [4.78, 5) is 13.0. The van der Waals surface area contributed by atoms with Crippen molar-refractivity contribution in [1.82, 2.24) is 14.8 Å². The van der Waals surface area contributed by atoms with Gasteiger partial charge in [-0.3, -0.25) is 4.79 Å². The van der Waals surface area contributed by atoms with Gasteiger partial charge in [-0.15, -0.1) is 22.0 Å². The van der Waals surface area contributed by atoms with E-state index in [4.69, 9.17) is 0 Å². The number of rotatable bonds is 5. The van der Waals surface area contributed by atoms with Gasteiger partial charge < -0.3 is 9.88 Å². The molecule has 0 fully saturated rings. The van der Waals surface area contributed by atoms with Crippen molar-refractivity contribution in [3.8, 4) is 11.4 Å². The van der Waals surface area contributed by atoms with E-state index >= 15 is 0 Å². The van der Waals surface area contributed by atoms with E-state index in [2.05, 4.69) is 20.1 Å². The third-order valence-corrected chi connectivity index (χ3v) is 5.80. The normalized spacial score (nSPS) is 13.6. The Bertz CT molecular complexity index is 1020. The molecule has 4 rings (SSSR count). The van der Waals surface area contributed by atoms with Crippen LogP contribution in [-0.2, 0) is 17.8 Å². The van der Waals surface area contributed by atoms with Crippen LogP contribution in [0.4, 0.5) is 14.5 Å². The van der Waals surface area contributed by atoms with E-state index in [0.717, 1.165) is 42.9 Å². The Morgan fingerprint density at radius 1 is 1.07 bits per heavy atom. The van der Waals surface area contributed by atoms with E-state index in [1.54, 1.807) is 24.3 Å². The van der Waals surface area contributed by atoms with E-state index < -0.39 is 5.82 Å². The van der Waals surface area contributed by atoms with Crippen molar-refractivity contribution < 1.29 is 13.6 Å². The maximum Gasteiger partial charge on any atom is 0.234 e. The summed E-state index contributed by atoms with van der Waals surface area (Å²) in [6.45, 7) is 0.838. The number of halogens is 2. The maximum absolute atomic E-state index is 14.3. The zero-order valence-corrected chi connectivity index (χ0v) is 16.5. The average Bonchev–Trinajstić information content (AvgIpc) is 2.97. The fraction of sp³-hybridized carbons (Fsp3) is 0.286. The maximum atomic E-state index is 14.3. The summed E-state index contributed by atoms with van der Waals surface area (Å²) in [5.74, 6) is 0.556. The third-order valence-electron chi connectivity index (χ3n) is 4.79. The highest BCUT2D eigenvalue weighted by Gasteiger charge is 2.17. The fourth-order valence-electron chi connectivity index (χ4n) is 3.32. The van der Waals surface area contributed by atoms with Crippen LogP contribution in [0.2, 0.25) is 0 Å². The van der Waals surface area contributed by atoms with E-state index in [-0.39, 0.29) is 23.2 Å². The van der Waals surface area contributed by atoms with Gasteiger partial charge >= 0.3 is 0 Å². The summed E-state index contributed by atoms with van der Waals surface area (Å²) in [5.41, 5.74) is 0.826. The van der Waals surface area contributed by atoms with Crippen molar-refractivity contribution in [2.75, 3.05) is 11.1 Å². The SMILES string of the molecule is O=C(CSc1ccc(F)cc1)Nc1cc(-c2nnc3n2CCCCC3)ccc1F. The lowest BCUT2D eigenvalue weighted by atomic mass is 10.1. The number of carbonyl (C=O) groups excluding carboxylic acids is 1. The number of carbonyl (C=O) groups is 1. The van der Waals surface area contributed by atoms with E-state index in [0.29, 0.717) is 11.4 Å². The van der Waals surface area contributed by atoms with Gasteiger partial charge in [0.05, 0.1) is 11.4 Å². The summed E-state index contributed by atoms with van der Waals surface area (Å²) in [5, 5.41) is 11.2. The second-order valence-electron chi connectivity index (χ2n) is 6.89. The Labute approximate surface area is 171 Å². The number of amides is 1. The van der Waals surface area contributed by atoms with Crippen LogP contribution in [0.15, 0.2) is 47.4 Å². The molecule has 2 heterocycles. The van der Waals surface area contributed by atoms with Crippen molar-refractivity contribution in [3.63, 3.8) is 0 Å². The lowest BCUT2D eigenvalue weighted by Gasteiger charge is -2.10. The van der Waals surface area contributed by atoms with Gasteiger partial charge in [0.25, 0.3) is 0 Å². The van der Waals surface area contributed by atoms with Crippen LogP contribution in [0.25, 0.3) is 11.4 Å². The van der Waals surface area contributed by atoms with Gasteiger partial charge in [0, 0.05) is 23.4 Å². The summed E-state index contributed by atoms with van der Waals surface area (Å²) < 4.78 is 29.3. The van der Waals surface area contributed by atoms with Crippen LogP contribution in [0.5, 0.6) is 0 Å². The van der Waals surface area contributed by atoms with Crippen molar-refractivity contribution in [2.45, 2.75) is 37.1 Å². The number of thioether (sulfide) groups is 1. The first-order chi connectivity index (χ1) is 14.1. The molecule has 1 aliphatic heterocycles. The molecule has 1 aromatic heterocycles. The van der Waals surface area contributed by atoms with E-state index in [1.165, 1.54) is 30.0 Å². The Hall–Kier alpha value is -2.74. The van der Waals surface area contributed by atoms with Crippen LogP contribution in [0.1, 0.15) is 25.1 Å². The van der Waals surface area contributed by atoms with Crippen LogP contribution in [0.3, 0.4) is 0 Å². The number of hydrogen-bond donors (Lipinski definition) is 1. The summed E-state index contributed by atoms with van der Waals surface area (Å²) >= 11 is 1.26. The highest BCUT2D eigenvalue weighted by Crippen LogP contribution is 2.27. The quantitative estimate of drug-likeness (QED) is 0.616. The fourth-order valence-corrected chi connectivity index (χ4v) is 4.02. The predicted molar refractivity (Wildman–Crippen MR) is 109 cm³/mol. The largest absolute Gasteiger partial charge is 0.323 e. The van der Waals surface area contributed by atoms with Crippen molar-refractivity contribution in [2.24, 2.45) is 0 Å². The number of anilines is 1. The first-order valence-corrected chi connectivity index (χ1v) is 10.5. The first kappa shape index (κ1) is 19.6. The van der Waals surface area contributed by atoms with Crippen LogP contribution in [0, 0.1) is 11.6 Å². The molecule has 0 bridgehead atoms. The molecule has 0 radical (unpaired) electrons. The van der Waals surface area contributed by atoms with E-state index in [1.807, 2.05) is 0 Å². The van der Waals surface area contributed by atoms with Gasteiger partial charge in [-0.05, 0) is 55.3 Å². The minimum absolute atomic E-state index is 0.0929. The van der Waals surface area contributed by atoms with Gasteiger partial charge in [-0.1, -0.05) is 6.42 Å². The molecule has 5 nitrogen and oxygen atoms in total. The number of fused-ring (bicyclic) bond motifs is 1. The van der Waals surface area contributed by atoms with Gasteiger partial charge in [0.2, 0.25) is 5.91 Å². The minimum Gasteiger partial charge on any atom is -0.323 e. The summed E-state index contributed by atoms with van der Waals surface area (Å²) in [6.07, 6.45) is 4.19. The molecule has 0 spiro atoms. The molecule has 0 aliphatic carbocycles. The van der Waals surface area contributed by atoms with Crippen LogP contribution in [-0.4, -0.2) is 26.4 Å². The molecule has 3 aromatic rings. The Morgan fingerprint density at radius 3 is 2.72 bits per heavy atom. The number of nitrogens with one attached hydrogen (secondary N) is 1. The molecule has 1 amide bonds. The molecule has 1 aliphatic rings. The number of nitrogens with zero attached hydrogens (tertiary/aromatic N) is 3. The van der Waals surface area contributed by atoms with Crippen molar-refractivity contribution >= 4 is 23.4 Å². The Morgan fingerprint density at radius 2 is 1.90 bits per heavy atom. The number of hydrogen-bond acceptors (Lipinski definition) is 4. The molecule has 1 N–H and O–H groups in total. The smallest absolute Gasteiger partial charge is 0.234 e. The molecule has 0 saturated heterocycles. The summed E-state index contributed by atoms with van der Waals surface area (Å²) in [7, 11) is 0. The zero-order chi connectivity index (χ0) is 20.2. The number of aromatic nitrogens is 3. The Balaban J connectivity index is 1.48. The molecule has 0 unspecified atom stereocenters. The highest BCUT2D eigenvalue weighted by atomic mass is 32.2. The van der Waals surface area contributed by atoms with Gasteiger partial charge in [0.1, 0.15) is 17.5 Å². The predicted octanol–water partition coefficient (Wildman–Crippen LogP) is 4.68. The lowest BCUT2D eigenvalue weighted by molar-refractivity contribution is -0.113. The third kappa shape index (κ3) is 4.64.